The first-order chi connectivity index (χ1) is 9.77. The van der Waals surface area contributed by atoms with Crippen LogP contribution in [0, 0.1) is 0 Å². The molecule has 4 N–H and O–H groups in total. The van der Waals surface area contributed by atoms with Gasteiger partial charge in [0.1, 0.15) is 0 Å². The first kappa shape index (κ1) is 23.4. The van der Waals surface area contributed by atoms with Gasteiger partial charge in [-0.3, -0.25) is 0 Å². The Bertz CT molecular complexity index is 211. The minimum absolute atomic E-state index is 0. The molecule has 0 saturated carbocycles. The lowest BCUT2D eigenvalue weighted by atomic mass is 10.1. The van der Waals surface area contributed by atoms with Crippen molar-refractivity contribution in [3.63, 3.8) is 0 Å². The Morgan fingerprint density at radius 3 is 1.86 bits per heavy atom. The molecule has 0 aromatic rings. The van der Waals surface area contributed by atoms with E-state index in [1.54, 1.807) is 0 Å². The predicted molar refractivity (Wildman–Crippen MR) is 85.5 cm³/mol. The molecule has 0 rings (SSSR count). The zero-order valence-corrected chi connectivity index (χ0v) is 15.4. The van der Waals surface area contributed by atoms with Gasteiger partial charge >= 0.3 is 0 Å². The number of aliphatic hydroxyl groups excluding tert-OH is 1. The van der Waals surface area contributed by atoms with Gasteiger partial charge in [-0.15, -0.1) is 0 Å². The van der Waals surface area contributed by atoms with Crippen LogP contribution in [0.25, 0.3) is 0 Å². The molecular formula is C17H36BrNO2. The molecule has 0 unspecified atom stereocenters. The topological polar surface area (TPSA) is 57.1 Å². The molecule has 4 heteroatoms. The maximum absolute atomic E-state index is 8.65. The molecule has 0 aliphatic rings. The van der Waals surface area contributed by atoms with E-state index in [-0.39, 0.29) is 17.0 Å². The maximum Gasteiger partial charge on any atom is 0.154 e. The molecule has 0 bridgehead atoms. The van der Waals surface area contributed by atoms with Gasteiger partial charge in [0.25, 0.3) is 0 Å². The molecule has 0 spiro atoms. The number of hydrogen-bond donors (Lipinski definition) is 3. The molecule has 0 saturated heterocycles. The Morgan fingerprint density at radius 1 is 0.810 bits per heavy atom. The number of hydrogen-bond acceptors (Lipinski definition) is 2. The largest absolute Gasteiger partial charge is 1.00 e. The molecular weight excluding hydrogens is 330 g/mol. The standard InChI is InChI=1S/C17H35NO2.BrH/c1-2-3-4-5-6-7-8-9-10-12-15-18-16-13-11-14-17(19)20;/h11,13,17-20H,2-10,12,14-16H2,1H3;1H. The van der Waals surface area contributed by atoms with E-state index < -0.39 is 6.29 Å². The normalized spacial score (nSPS) is 11.2. The van der Waals surface area contributed by atoms with Crippen LogP contribution in [-0.2, 0) is 0 Å². The van der Waals surface area contributed by atoms with E-state index >= 15 is 0 Å². The Hall–Kier alpha value is 0.100. The molecule has 0 fully saturated rings. The van der Waals surface area contributed by atoms with Gasteiger partial charge in [-0.05, 0) is 18.9 Å². The highest BCUT2D eigenvalue weighted by atomic mass is 79.9. The maximum atomic E-state index is 8.65. The Kier molecular flexibility index (Phi) is 22.4. The predicted octanol–water partition coefficient (Wildman–Crippen LogP) is -0.268. The van der Waals surface area contributed by atoms with Gasteiger partial charge < -0.3 is 32.5 Å². The third kappa shape index (κ3) is 22.5. The number of unbranched alkanes of at least 4 members (excludes halogenated alkanes) is 9. The molecule has 0 aromatic heterocycles. The SMILES string of the molecule is CCCCCCCCCCCC[NH2+]CC=CCC(O)O.[Br-]. The summed E-state index contributed by atoms with van der Waals surface area (Å²) in [5.74, 6) is 0. The van der Waals surface area contributed by atoms with Crippen molar-refractivity contribution in [1.29, 1.82) is 0 Å². The molecule has 0 aromatic carbocycles. The molecule has 0 aliphatic carbocycles. The number of aliphatic hydroxyl groups is 2. The van der Waals surface area contributed by atoms with Crippen molar-refractivity contribution in [2.75, 3.05) is 13.1 Å². The van der Waals surface area contributed by atoms with Gasteiger partial charge in [-0.2, -0.15) is 0 Å². The second-order valence-corrected chi connectivity index (χ2v) is 5.68. The quantitative estimate of drug-likeness (QED) is 0.212. The highest BCUT2D eigenvalue weighted by molar-refractivity contribution is 4.80. The van der Waals surface area contributed by atoms with Crippen LogP contribution in [0.5, 0.6) is 0 Å². The van der Waals surface area contributed by atoms with Crippen molar-refractivity contribution in [2.45, 2.75) is 83.8 Å². The van der Waals surface area contributed by atoms with Gasteiger partial charge in [0, 0.05) is 6.42 Å². The van der Waals surface area contributed by atoms with Crippen molar-refractivity contribution < 1.29 is 32.5 Å². The van der Waals surface area contributed by atoms with E-state index in [0.717, 1.165) is 6.54 Å². The average molecular weight is 366 g/mol. The summed E-state index contributed by atoms with van der Waals surface area (Å²) < 4.78 is 0. The van der Waals surface area contributed by atoms with Crippen LogP contribution in [0.3, 0.4) is 0 Å². The van der Waals surface area contributed by atoms with Crippen LogP contribution >= 0.6 is 0 Å². The van der Waals surface area contributed by atoms with Crippen molar-refractivity contribution in [3.05, 3.63) is 12.2 Å². The number of quaternary nitrogens is 1. The molecule has 0 radical (unpaired) electrons. The van der Waals surface area contributed by atoms with Crippen molar-refractivity contribution in [1.82, 2.24) is 0 Å². The van der Waals surface area contributed by atoms with Crippen LogP contribution < -0.4 is 22.3 Å². The molecule has 0 aliphatic heterocycles. The van der Waals surface area contributed by atoms with Crippen molar-refractivity contribution >= 4 is 0 Å². The fourth-order valence-corrected chi connectivity index (χ4v) is 2.30. The summed E-state index contributed by atoms with van der Waals surface area (Å²) in [5, 5.41) is 19.6. The smallest absolute Gasteiger partial charge is 0.154 e. The monoisotopic (exact) mass is 365 g/mol. The van der Waals surface area contributed by atoms with E-state index in [9.17, 15) is 0 Å². The number of rotatable bonds is 15. The Morgan fingerprint density at radius 2 is 1.33 bits per heavy atom. The van der Waals surface area contributed by atoms with Gasteiger partial charge in [0.05, 0.1) is 13.1 Å². The molecule has 128 valence electrons. The van der Waals surface area contributed by atoms with Gasteiger partial charge in [0.15, 0.2) is 6.29 Å². The molecule has 21 heavy (non-hydrogen) atoms. The van der Waals surface area contributed by atoms with Gasteiger partial charge in [-0.25, -0.2) is 0 Å². The summed E-state index contributed by atoms with van der Waals surface area (Å²) >= 11 is 0. The van der Waals surface area contributed by atoms with Crippen molar-refractivity contribution in [2.24, 2.45) is 0 Å². The highest BCUT2D eigenvalue weighted by Gasteiger charge is 1.94. The van der Waals surface area contributed by atoms with Gasteiger partial charge in [0.2, 0.25) is 0 Å². The second-order valence-electron chi connectivity index (χ2n) is 5.68. The van der Waals surface area contributed by atoms with E-state index in [2.05, 4.69) is 12.2 Å². The van der Waals surface area contributed by atoms with Crippen molar-refractivity contribution in [3.8, 4) is 0 Å². The summed E-state index contributed by atoms with van der Waals surface area (Å²) in [5.41, 5.74) is 0. The zero-order valence-electron chi connectivity index (χ0n) is 13.8. The number of nitrogens with two attached hydrogens (primary N) is 1. The van der Waals surface area contributed by atoms with Crippen LogP contribution in [0.1, 0.15) is 77.6 Å². The fourth-order valence-electron chi connectivity index (χ4n) is 2.30. The van der Waals surface area contributed by atoms with Crippen LogP contribution in [0.2, 0.25) is 0 Å². The molecule has 3 nitrogen and oxygen atoms in total. The van der Waals surface area contributed by atoms with Crippen LogP contribution in [0.4, 0.5) is 0 Å². The van der Waals surface area contributed by atoms with E-state index in [1.807, 2.05) is 12.2 Å². The Labute approximate surface area is 142 Å². The third-order valence-electron chi connectivity index (χ3n) is 3.58. The summed E-state index contributed by atoms with van der Waals surface area (Å²) in [6, 6.07) is 0. The lowest BCUT2D eigenvalue weighted by molar-refractivity contribution is -0.646. The van der Waals surface area contributed by atoms with Crippen LogP contribution in [-0.4, -0.2) is 29.6 Å². The third-order valence-corrected chi connectivity index (χ3v) is 3.58. The fraction of sp³-hybridized carbons (Fsp3) is 0.882. The summed E-state index contributed by atoms with van der Waals surface area (Å²) in [6.45, 7) is 4.40. The zero-order chi connectivity index (χ0) is 14.9. The summed E-state index contributed by atoms with van der Waals surface area (Å²) in [7, 11) is 0. The first-order valence-electron chi connectivity index (χ1n) is 8.60. The number of halogens is 1. The molecule has 0 amide bonds. The lowest BCUT2D eigenvalue weighted by Crippen LogP contribution is -3.00. The Balaban J connectivity index is 0. The minimum atomic E-state index is -1.20. The molecule has 0 atom stereocenters. The van der Waals surface area contributed by atoms with Gasteiger partial charge in [-0.1, -0.05) is 64.4 Å². The van der Waals surface area contributed by atoms with E-state index in [0.29, 0.717) is 6.42 Å². The van der Waals surface area contributed by atoms with E-state index in [4.69, 9.17) is 10.2 Å². The lowest BCUT2D eigenvalue weighted by Gasteiger charge is -2.02. The average Bonchev–Trinajstić information content (AvgIpc) is 2.43. The van der Waals surface area contributed by atoms with E-state index in [1.165, 1.54) is 70.8 Å². The molecule has 0 heterocycles. The van der Waals surface area contributed by atoms with Crippen LogP contribution in [0.15, 0.2) is 12.2 Å². The summed E-state index contributed by atoms with van der Waals surface area (Å²) in [6.07, 6.45) is 16.9. The highest BCUT2D eigenvalue weighted by Crippen LogP contribution is 2.09. The first-order valence-corrected chi connectivity index (χ1v) is 8.60. The second kappa shape index (κ2) is 20.1. The summed E-state index contributed by atoms with van der Waals surface area (Å²) in [4.78, 5) is 0. The minimum Gasteiger partial charge on any atom is -1.00 e.